The van der Waals surface area contributed by atoms with Gasteiger partial charge in [0.05, 0.1) is 5.02 Å². The average molecular weight is 219 g/mol. The zero-order chi connectivity index (χ0) is 9.84. The van der Waals surface area contributed by atoms with Crippen LogP contribution >= 0.6 is 23.2 Å². The average Bonchev–Trinajstić information content (AvgIpc) is 2.43. The van der Waals surface area contributed by atoms with Gasteiger partial charge in [0.2, 0.25) is 0 Å². The number of aromatic nitrogens is 1. The van der Waals surface area contributed by atoms with Crippen molar-refractivity contribution < 1.29 is 4.79 Å². The number of H-pyrrole nitrogens is 1. The Morgan fingerprint density at radius 1 is 1.69 bits per heavy atom. The first-order valence-corrected chi connectivity index (χ1v) is 4.34. The lowest BCUT2D eigenvalue weighted by Crippen LogP contribution is -2.23. The van der Waals surface area contributed by atoms with Gasteiger partial charge in [-0.2, -0.15) is 0 Å². The Labute approximate surface area is 85.7 Å². The molecule has 0 spiro atoms. The Kier molecular flexibility index (Phi) is 3.39. The molecule has 3 nitrogen and oxygen atoms in total. The summed E-state index contributed by atoms with van der Waals surface area (Å²) >= 11 is 11.3. The van der Waals surface area contributed by atoms with Gasteiger partial charge in [-0.05, 0) is 6.07 Å². The van der Waals surface area contributed by atoms with Gasteiger partial charge in [0, 0.05) is 6.54 Å². The predicted molar refractivity (Wildman–Crippen MR) is 53.3 cm³/mol. The van der Waals surface area contributed by atoms with E-state index in [0.29, 0.717) is 17.3 Å². The van der Waals surface area contributed by atoms with Gasteiger partial charge in [-0.3, -0.25) is 4.79 Å². The molecule has 0 saturated heterocycles. The van der Waals surface area contributed by atoms with E-state index >= 15 is 0 Å². The van der Waals surface area contributed by atoms with Gasteiger partial charge in [-0.1, -0.05) is 29.3 Å². The van der Waals surface area contributed by atoms with Crippen LogP contribution in [0.2, 0.25) is 10.2 Å². The highest BCUT2D eigenvalue weighted by molar-refractivity contribution is 6.41. The first-order chi connectivity index (χ1) is 6.15. The number of carbonyl (C=O) groups is 1. The van der Waals surface area contributed by atoms with Gasteiger partial charge < -0.3 is 10.3 Å². The number of rotatable bonds is 3. The third-order valence-electron chi connectivity index (χ3n) is 1.38. The normalized spacial score (nSPS) is 9.69. The highest BCUT2D eigenvalue weighted by Crippen LogP contribution is 2.21. The molecule has 0 aliphatic heterocycles. The molecule has 5 heteroatoms. The number of halogens is 2. The summed E-state index contributed by atoms with van der Waals surface area (Å²) in [5, 5.41) is 3.19. The molecule has 1 aromatic heterocycles. The molecule has 0 fully saturated rings. The summed E-state index contributed by atoms with van der Waals surface area (Å²) in [7, 11) is 0. The molecule has 70 valence electrons. The van der Waals surface area contributed by atoms with Crippen LogP contribution in [-0.4, -0.2) is 17.4 Å². The highest BCUT2D eigenvalue weighted by Gasteiger charge is 2.09. The fraction of sp³-hybridized carbons (Fsp3) is 0.125. The molecule has 1 aromatic rings. The number of hydrogen-bond donors (Lipinski definition) is 2. The Morgan fingerprint density at radius 3 is 2.85 bits per heavy atom. The standard InChI is InChI=1S/C8H8Cl2N2O/c1-2-3-11-8(13)6-4-5(9)7(10)12-6/h2,4,12H,1,3H2,(H,11,13). The van der Waals surface area contributed by atoms with Crippen molar-refractivity contribution in [2.75, 3.05) is 6.54 Å². The maximum absolute atomic E-state index is 11.3. The van der Waals surface area contributed by atoms with Crippen molar-refractivity contribution in [3.8, 4) is 0 Å². The van der Waals surface area contributed by atoms with Crippen molar-refractivity contribution in [2.45, 2.75) is 0 Å². The van der Waals surface area contributed by atoms with Crippen LogP contribution in [0.1, 0.15) is 10.5 Å². The molecule has 0 aromatic carbocycles. The first kappa shape index (κ1) is 10.2. The molecule has 0 bridgehead atoms. The van der Waals surface area contributed by atoms with Gasteiger partial charge >= 0.3 is 0 Å². The van der Waals surface area contributed by atoms with Crippen LogP contribution in [0.5, 0.6) is 0 Å². The lowest BCUT2D eigenvalue weighted by Gasteiger charge is -1.97. The van der Waals surface area contributed by atoms with Crippen LogP contribution in [-0.2, 0) is 0 Å². The van der Waals surface area contributed by atoms with Crippen molar-refractivity contribution in [2.24, 2.45) is 0 Å². The van der Waals surface area contributed by atoms with E-state index in [4.69, 9.17) is 23.2 Å². The quantitative estimate of drug-likeness (QED) is 0.752. The molecular weight excluding hydrogens is 211 g/mol. The number of nitrogens with one attached hydrogen (secondary N) is 2. The van der Waals surface area contributed by atoms with Crippen LogP contribution in [0.15, 0.2) is 18.7 Å². The van der Waals surface area contributed by atoms with Crippen molar-refractivity contribution in [1.29, 1.82) is 0 Å². The fourth-order valence-electron chi connectivity index (χ4n) is 0.787. The monoisotopic (exact) mass is 218 g/mol. The number of carbonyl (C=O) groups excluding carboxylic acids is 1. The number of hydrogen-bond acceptors (Lipinski definition) is 1. The van der Waals surface area contributed by atoms with Gasteiger partial charge in [0.25, 0.3) is 5.91 Å². The van der Waals surface area contributed by atoms with E-state index < -0.39 is 0 Å². The molecule has 1 heterocycles. The second-order valence-electron chi connectivity index (χ2n) is 2.34. The fourth-order valence-corrected chi connectivity index (χ4v) is 1.10. The molecule has 13 heavy (non-hydrogen) atoms. The number of aromatic amines is 1. The summed E-state index contributed by atoms with van der Waals surface area (Å²) in [6.07, 6.45) is 1.59. The molecule has 0 saturated carbocycles. The van der Waals surface area contributed by atoms with E-state index in [9.17, 15) is 4.79 Å². The van der Waals surface area contributed by atoms with Crippen LogP contribution < -0.4 is 5.32 Å². The summed E-state index contributed by atoms with van der Waals surface area (Å²) in [6, 6.07) is 1.47. The van der Waals surface area contributed by atoms with Crippen LogP contribution in [0.3, 0.4) is 0 Å². The predicted octanol–water partition coefficient (Wildman–Crippen LogP) is 2.24. The van der Waals surface area contributed by atoms with E-state index in [2.05, 4.69) is 16.9 Å². The zero-order valence-electron chi connectivity index (χ0n) is 6.73. The molecule has 2 N–H and O–H groups in total. The third-order valence-corrected chi connectivity index (χ3v) is 2.07. The second-order valence-corrected chi connectivity index (χ2v) is 3.13. The Bertz CT molecular complexity index is 313. The zero-order valence-corrected chi connectivity index (χ0v) is 8.24. The van der Waals surface area contributed by atoms with E-state index in [1.807, 2.05) is 0 Å². The maximum Gasteiger partial charge on any atom is 0.268 e. The van der Waals surface area contributed by atoms with Crippen molar-refractivity contribution in [3.63, 3.8) is 0 Å². The molecule has 0 atom stereocenters. The molecule has 1 amide bonds. The molecular formula is C8H8Cl2N2O. The minimum atomic E-state index is -0.256. The Morgan fingerprint density at radius 2 is 2.38 bits per heavy atom. The molecule has 0 aliphatic carbocycles. The van der Waals surface area contributed by atoms with Crippen LogP contribution in [0, 0.1) is 0 Å². The molecule has 0 radical (unpaired) electrons. The van der Waals surface area contributed by atoms with Crippen molar-refractivity contribution >= 4 is 29.1 Å². The van der Waals surface area contributed by atoms with Crippen LogP contribution in [0.4, 0.5) is 0 Å². The Hall–Kier alpha value is -0.930. The largest absolute Gasteiger partial charge is 0.347 e. The molecule has 1 rings (SSSR count). The summed E-state index contributed by atoms with van der Waals surface area (Å²) in [5.41, 5.74) is 0.344. The van der Waals surface area contributed by atoms with Gasteiger partial charge in [0.15, 0.2) is 0 Å². The smallest absolute Gasteiger partial charge is 0.268 e. The first-order valence-electron chi connectivity index (χ1n) is 3.58. The lowest BCUT2D eigenvalue weighted by molar-refractivity contribution is 0.0953. The van der Waals surface area contributed by atoms with E-state index in [1.165, 1.54) is 6.07 Å². The van der Waals surface area contributed by atoms with Gasteiger partial charge in [-0.25, -0.2) is 0 Å². The van der Waals surface area contributed by atoms with E-state index in [-0.39, 0.29) is 11.1 Å². The minimum Gasteiger partial charge on any atom is -0.347 e. The summed E-state index contributed by atoms with van der Waals surface area (Å²) in [5.74, 6) is -0.256. The topological polar surface area (TPSA) is 44.9 Å². The van der Waals surface area contributed by atoms with Crippen LogP contribution in [0.25, 0.3) is 0 Å². The summed E-state index contributed by atoms with van der Waals surface area (Å²) in [4.78, 5) is 13.9. The minimum absolute atomic E-state index is 0.256. The van der Waals surface area contributed by atoms with E-state index in [0.717, 1.165) is 0 Å². The molecule has 0 aliphatic rings. The van der Waals surface area contributed by atoms with Crippen molar-refractivity contribution in [3.05, 3.63) is 34.6 Å². The SMILES string of the molecule is C=CCNC(=O)c1cc(Cl)c(Cl)[nH]1. The maximum atomic E-state index is 11.3. The van der Waals surface area contributed by atoms with E-state index in [1.54, 1.807) is 6.08 Å². The van der Waals surface area contributed by atoms with Gasteiger partial charge in [-0.15, -0.1) is 6.58 Å². The number of amides is 1. The summed E-state index contributed by atoms with van der Waals surface area (Å²) in [6.45, 7) is 3.88. The summed E-state index contributed by atoms with van der Waals surface area (Å²) < 4.78 is 0. The molecule has 0 unspecified atom stereocenters. The van der Waals surface area contributed by atoms with Crippen molar-refractivity contribution in [1.82, 2.24) is 10.3 Å². The lowest BCUT2D eigenvalue weighted by atomic mass is 10.4. The third kappa shape index (κ3) is 2.50. The highest BCUT2D eigenvalue weighted by atomic mass is 35.5. The Balaban J connectivity index is 2.71. The van der Waals surface area contributed by atoms with Gasteiger partial charge in [0.1, 0.15) is 10.8 Å². The second kappa shape index (κ2) is 4.35.